The normalized spacial score (nSPS) is 19.1. The average Bonchev–Trinajstić information content (AvgIpc) is 2.70. The second-order valence-corrected chi connectivity index (χ2v) is 8.52. The molecule has 2 aliphatic rings. The first kappa shape index (κ1) is 20.3. The van der Waals surface area contributed by atoms with E-state index in [0.29, 0.717) is 28.4 Å². The number of Topliss-reactive ketones (excluding diaryl/α,β-unsaturated/α-hetero) is 1. The first-order valence-corrected chi connectivity index (χ1v) is 10.5. The minimum atomic E-state index is -0.435. The lowest BCUT2D eigenvalue weighted by atomic mass is 9.74. The summed E-state index contributed by atoms with van der Waals surface area (Å²) in [4.78, 5) is 15.0. The predicted octanol–water partition coefficient (Wildman–Crippen LogP) is 5.57. The SMILES string of the molecule is Cc1ccc(C2C(C#N)=C(N)N(c3ccc(C)c(Cl)c3)C3=C2C(=O)CCC3)c(C)c1. The standard InChI is InChI=1S/C25H24ClN3O/c1-14-7-10-18(16(3)11-14)23-19(13-27)25(28)29(17-9-8-15(2)20(26)12-17)21-5-4-6-22(30)24(21)23/h7-12,23H,4-6,28H2,1-3H3. The van der Waals surface area contributed by atoms with Crippen molar-refractivity contribution >= 4 is 23.1 Å². The van der Waals surface area contributed by atoms with E-state index in [0.717, 1.165) is 46.5 Å². The zero-order valence-corrected chi connectivity index (χ0v) is 18.2. The van der Waals surface area contributed by atoms with Crippen molar-refractivity contribution in [1.82, 2.24) is 0 Å². The van der Waals surface area contributed by atoms with Crippen molar-refractivity contribution in [3.8, 4) is 6.07 Å². The third-order valence-electron chi connectivity index (χ3n) is 6.06. The van der Waals surface area contributed by atoms with Gasteiger partial charge in [-0.2, -0.15) is 5.26 Å². The Balaban J connectivity index is 1.99. The lowest BCUT2D eigenvalue weighted by molar-refractivity contribution is -0.116. The van der Waals surface area contributed by atoms with Gasteiger partial charge in [-0.05, 0) is 62.4 Å². The van der Waals surface area contributed by atoms with E-state index in [4.69, 9.17) is 17.3 Å². The van der Waals surface area contributed by atoms with E-state index in [-0.39, 0.29) is 5.78 Å². The molecule has 152 valence electrons. The van der Waals surface area contributed by atoms with E-state index in [1.54, 1.807) is 0 Å². The molecule has 1 aliphatic heterocycles. The predicted molar refractivity (Wildman–Crippen MR) is 120 cm³/mol. The monoisotopic (exact) mass is 417 g/mol. The molecular formula is C25H24ClN3O. The molecule has 5 heteroatoms. The molecule has 2 aromatic carbocycles. The number of nitrogens with two attached hydrogens (primary N) is 1. The number of halogens is 1. The maximum Gasteiger partial charge on any atom is 0.161 e. The average molecular weight is 418 g/mol. The van der Waals surface area contributed by atoms with Crippen LogP contribution in [0.3, 0.4) is 0 Å². The Morgan fingerprint density at radius 1 is 1.10 bits per heavy atom. The van der Waals surface area contributed by atoms with Gasteiger partial charge in [0.2, 0.25) is 0 Å². The first-order chi connectivity index (χ1) is 14.3. The number of ketones is 1. The summed E-state index contributed by atoms with van der Waals surface area (Å²) in [5.74, 6) is 0.0242. The van der Waals surface area contributed by atoms with Gasteiger partial charge in [-0.15, -0.1) is 0 Å². The number of carbonyl (C=O) groups is 1. The highest BCUT2D eigenvalue weighted by atomic mass is 35.5. The van der Waals surface area contributed by atoms with Crippen molar-refractivity contribution in [2.45, 2.75) is 46.0 Å². The summed E-state index contributed by atoms with van der Waals surface area (Å²) in [7, 11) is 0. The molecule has 1 atom stereocenters. The molecule has 1 aliphatic carbocycles. The van der Waals surface area contributed by atoms with Gasteiger partial charge in [-0.25, -0.2) is 0 Å². The molecule has 0 aromatic heterocycles. The number of hydrogen-bond donors (Lipinski definition) is 1. The maximum absolute atomic E-state index is 13.2. The number of nitriles is 1. The molecule has 2 aromatic rings. The molecule has 30 heavy (non-hydrogen) atoms. The van der Waals surface area contributed by atoms with E-state index in [2.05, 4.69) is 12.1 Å². The molecule has 0 bridgehead atoms. The highest BCUT2D eigenvalue weighted by Gasteiger charge is 2.40. The van der Waals surface area contributed by atoms with Gasteiger partial charge in [-0.1, -0.05) is 41.4 Å². The Labute approximate surface area is 182 Å². The van der Waals surface area contributed by atoms with Crippen LogP contribution in [-0.2, 0) is 4.79 Å². The Kier molecular flexibility index (Phi) is 5.17. The minimum absolute atomic E-state index is 0.0877. The van der Waals surface area contributed by atoms with Crippen LogP contribution in [0.25, 0.3) is 0 Å². The van der Waals surface area contributed by atoms with E-state index in [1.807, 2.05) is 56.0 Å². The van der Waals surface area contributed by atoms with Crippen LogP contribution in [0.15, 0.2) is 59.1 Å². The fourth-order valence-electron chi connectivity index (χ4n) is 4.56. The van der Waals surface area contributed by atoms with Crippen LogP contribution in [0.1, 0.15) is 47.4 Å². The van der Waals surface area contributed by atoms with Gasteiger partial charge in [0, 0.05) is 28.4 Å². The van der Waals surface area contributed by atoms with Crippen LogP contribution in [0.5, 0.6) is 0 Å². The molecule has 0 spiro atoms. The Morgan fingerprint density at radius 2 is 1.87 bits per heavy atom. The van der Waals surface area contributed by atoms with E-state index in [9.17, 15) is 10.1 Å². The van der Waals surface area contributed by atoms with Gasteiger partial charge in [0.25, 0.3) is 0 Å². The number of aryl methyl sites for hydroxylation is 3. The Bertz CT molecular complexity index is 1170. The zero-order chi connectivity index (χ0) is 21.6. The van der Waals surface area contributed by atoms with Crippen molar-refractivity contribution in [2.24, 2.45) is 5.73 Å². The number of hydrogen-bond acceptors (Lipinski definition) is 4. The lowest BCUT2D eigenvalue weighted by Gasteiger charge is -2.40. The molecule has 0 saturated heterocycles. The van der Waals surface area contributed by atoms with Gasteiger partial charge in [0.05, 0.1) is 17.6 Å². The van der Waals surface area contributed by atoms with Crippen LogP contribution in [0.2, 0.25) is 5.02 Å². The van der Waals surface area contributed by atoms with Gasteiger partial charge >= 0.3 is 0 Å². The number of allylic oxidation sites excluding steroid dienone is 3. The summed E-state index contributed by atoms with van der Waals surface area (Å²) in [5, 5.41) is 10.7. The fourth-order valence-corrected chi connectivity index (χ4v) is 4.74. The molecule has 0 saturated carbocycles. The molecule has 0 radical (unpaired) electrons. The van der Waals surface area contributed by atoms with Crippen molar-refractivity contribution in [3.05, 3.63) is 86.3 Å². The minimum Gasteiger partial charge on any atom is -0.384 e. The van der Waals surface area contributed by atoms with Gasteiger partial charge in [0.15, 0.2) is 5.78 Å². The molecule has 4 nitrogen and oxygen atoms in total. The molecule has 4 rings (SSSR count). The van der Waals surface area contributed by atoms with Crippen LogP contribution in [0, 0.1) is 32.1 Å². The summed E-state index contributed by atoms with van der Waals surface area (Å²) in [6, 6.07) is 14.2. The second kappa shape index (κ2) is 7.66. The number of carbonyl (C=O) groups excluding carboxylic acids is 1. The van der Waals surface area contributed by atoms with Crippen LogP contribution >= 0.6 is 11.6 Å². The van der Waals surface area contributed by atoms with Crippen molar-refractivity contribution < 1.29 is 4.79 Å². The maximum atomic E-state index is 13.2. The largest absolute Gasteiger partial charge is 0.384 e. The number of nitrogens with zero attached hydrogens (tertiary/aromatic N) is 2. The third-order valence-corrected chi connectivity index (χ3v) is 6.47. The lowest BCUT2D eigenvalue weighted by Crippen LogP contribution is -2.38. The number of benzene rings is 2. The highest BCUT2D eigenvalue weighted by Crippen LogP contribution is 2.47. The third kappa shape index (κ3) is 3.20. The van der Waals surface area contributed by atoms with Crippen molar-refractivity contribution in [1.29, 1.82) is 5.26 Å². The summed E-state index contributed by atoms with van der Waals surface area (Å²) in [6.07, 6.45) is 1.98. The number of rotatable bonds is 2. The van der Waals surface area contributed by atoms with Crippen LogP contribution in [0.4, 0.5) is 5.69 Å². The van der Waals surface area contributed by atoms with Crippen LogP contribution < -0.4 is 10.6 Å². The zero-order valence-electron chi connectivity index (χ0n) is 17.4. The summed E-state index contributed by atoms with van der Waals surface area (Å²) < 4.78 is 0. The van der Waals surface area contributed by atoms with Crippen molar-refractivity contribution in [2.75, 3.05) is 4.90 Å². The Hall–Kier alpha value is -3.03. The van der Waals surface area contributed by atoms with E-state index < -0.39 is 5.92 Å². The number of anilines is 1. The first-order valence-electron chi connectivity index (χ1n) is 10.1. The van der Waals surface area contributed by atoms with E-state index in [1.165, 1.54) is 0 Å². The Morgan fingerprint density at radius 3 is 2.53 bits per heavy atom. The molecule has 0 fully saturated rings. The molecule has 1 heterocycles. The summed E-state index contributed by atoms with van der Waals surface area (Å²) >= 11 is 6.38. The highest BCUT2D eigenvalue weighted by molar-refractivity contribution is 6.31. The molecule has 1 unspecified atom stereocenters. The summed E-state index contributed by atoms with van der Waals surface area (Å²) in [5.41, 5.74) is 13.5. The summed E-state index contributed by atoms with van der Waals surface area (Å²) in [6.45, 7) is 5.99. The fraction of sp³-hybridized carbons (Fsp3) is 0.280. The molecular weight excluding hydrogens is 394 g/mol. The second-order valence-electron chi connectivity index (χ2n) is 8.11. The smallest absolute Gasteiger partial charge is 0.161 e. The van der Waals surface area contributed by atoms with Gasteiger partial charge in [-0.3, -0.25) is 9.69 Å². The van der Waals surface area contributed by atoms with Gasteiger partial charge in [0.1, 0.15) is 5.82 Å². The van der Waals surface area contributed by atoms with Crippen LogP contribution in [-0.4, -0.2) is 5.78 Å². The molecule has 0 amide bonds. The quantitative estimate of drug-likeness (QED) is 0.693. The van der Waals surface area contributed by atoms with Crippen molar-refractivity contribution in [3.63, 3.8) is 0 Å². The molecule has 2 N–H and O–H groups in total. The van der Waals surface area contributed by atoms with Gasteiger partial charge < -0.3 is 5.73 Å². The topological polar surface area (TPSA) is 70.1 Å². The van der Waals surface area contributed by atoms with E-state index >= 15 is 0 Å².